The molecule has 3 aromatic rings. The van der Waals surface area contributed by atoms with Crippen molar-refractivity contribution < 1.29 is 0 Å². The molecule has 0 saturated heterocycles. The number of nitrogens with zero attached hydrogens (tertiary/aromatic N) is 3. The highest BCUT2D eigenvalue weighted by atomic mass is 79.9. The average molecular weight is 343 g/mol. The van der Waals surface area contributed by atoms with Crippen LogP contribution in [0, 0.1) is 6.92 Å². The van der Waals surface area contributed by atoms with E-state index in [-0.39, 0.29) is 0 Å². The van der Waals surface area contributed by atoms with Gasteiger partial charge in [-0.2, -0.15) is 5.10 Å². The Labute approximate surface area is 132 Å². The average Bonchev–Trinajstić information content (AvgIpc) is 3.03. The molecule has 0 fully saturated rings. The summed E-state index contributed by atoms with van der Waals surface area (Å²) in [4.78, 5) is 4.00. The van der Waals surface area contributed by atoms with E-state index in [0.717, 1.165) is 22.4 Å². The van der Waals surface area contributed by atoms with Gasteiger partial charge in [0.1, 0.15) is 12.7 Å². The van der Waals surface area contributed by atoms with Crippen LogP contribution in [0.25, 0.3) is 5.69 Å². The van der Waals surface area contributed by atoms with Crippen molar-refractivity contribution in [3.8, 4) is 5.69 Å². The SMILES string of the molecule is Cc1ccc(CNc2ccccc2-n2cncn2)cc1Br. The van der Waals surface area contributed by atoms with E-state index in [1.165, 1.54) is 17.5 Å². The van der Waals surface area contributed by atoms with Gasteiger partial charge in [-0.1, -0.05) is 40.2 Å². The molecule has 0 bridgehead atoms. The van der Waals surface area contributed by atoms with Gasteiger partial charge in [-0.05, 0) is 36.2 Å². The lowest BCUT2D eigenvalue weighted by Crippen LogP contribution is -2.05. The molecule has 0 unspecified atom stereocenters. The van der Waals surface area contributed by atoms with E-state index in [1.54, 1.807) is 11.0 Å². The van der Waals surface area contributed by atoms with Gasteiger partial charge in [-0.3, -0.25) is 0 Å². The minimum Gasteiger partial charge on any atom is -0.379 e. The maximum absolute atomic E-state index is 4.19. The molecule has 1 aromatic heterocycles. The van der Waals surface area contributed by atoms with E-state index < -0.39 is 0 Å². The molecular weight excluding hydrogens is 328 g/mol. The van der Waals surface area contributed by atoms with E-state index in [1.807, 2.05) is 24.3 Å². The first-order valence-electron chi connectivity index (χ1n) is 6.67. The third kappa shape index (κ3) is 3.13. The Balaban J connectivity index is 1.81. The molecule has 0 saturated carbocycles. The summed E-state index contributed by atoms with van der Waals surface area (Å²) in [6.45, 7) is 2.84. The third-order valence-corrected chi connectivity index (χ3v) is 4.14. The highest BCUT2D eigenvalue weighted by Crippen LogP contribution is 2.21. The quantitative estimate of drug-likeness (QED) is 0.780. The Bertz CT molecular complexity index is 738. The fraction of sp³-hybridized carbons (Fsp3) is 0.125. The van der Waals surface area contributed by atoms with E-state index >= 15 is 0 Å². The van der Waals surface area contributed by atoms with Crippen LogP contribution in [0.4, 0.5) is 5.69 Å². The van der Waals surface area contributed by atoms with E-state index in [4.69, 9.17) is 0 Å². The molecule has 0 spiro atoms. The van der Waals surface area contributed by atoms with Crippen LogP contribution in [0.15, 0.2) is 59.6 Å². The molecule has 4 nitrogen and oxygen atoms in total. The lowest BCUT2D eigenvalue weighted by molar-refractivity contribution is 0.878. The van der Waals surface area contributed by atoms with Gasteiger partial charge in [-0.15, -0.1) is 0 Å². The van der Waals surface area contributed by atoms with Crippen molar-refractivity contribution in [2.75, 3.05) is 5.32 Å². The second-order valence-corrected chi connectivity index (χ2v) is 5.65. The first kappa shape index (κ1) is 13.8. The molecule has 1 N–H and O–H groups in total. The van der Waals surface area contributed by atoms with Crippen LogP contribution < -0.4 is 5.32 Å². The lowest BCUT2D eigenvalue weighted by Gasteiger charge is -2.12. The van der Waals surface area contributed by atoms with Gasteiger partial charge in [0.15, 0.2) is 0 Å². The summed E-state index contributed by atoms with van der Waals surface area (Å²) in [5.74, 6) is 0. The number of anilines is 1. The van der Waals surface area contributed by atoms with Gasteiger partial charge in [0.2, 0.25) is 0 Å². The smallest absolute Gasteiger partial charge is 0.138 e. The minimum atomic E-state index is 0.755. The summed E-state index contributed by atoms with van der Waals surface area (Å²) >= 11 is 3.57. The molecule has 21 heavy (non-hydrogen) atoms. The second kappa shape index (κ2) is 6.10. The molecule has 0 aliphatic rings. The number of aryl methyl sites for hydroxylation is 1. The summed E-state index contributed by atoms with van der Waals surface area (Å²) in [7, 11) is 0. The summed E-state index contributed by atoms with van der Waals surface area (Å²) < 4.78 is 2.89. The van der Waals surface area contributed by atoms with Crippen LogP contribution in [0.5, 0.6) is 0 Å². The molecule has 0 radical (unpaired) electrons. The van der Waals surface area contributed by atoms with Crippen molar-refractivity contribution >= 4 is 21.6 Å². The number of benzene rings is 2. The number of aromatic nitrogens is 3. The van der Waals surface area contributed by atoms with Gasteiger partial charge in [0, 0.05) is 11.0 Å². The molecule has 5 heteroatoms. The monoisotopic (exact) mass is 342 g/mol. The highest BCUT2D eigenvalue weighted by molar-refractivity contribution is 9.10. The van der Waals surface area contributed by atoms with Gasteiger partial charge < -0.3 is 5.32 Å². The Morgan fingerprint density at radius 1 is 1.19 bits per heavy atom. The third-order valence-electron chi connectivity index (χ3n) is 3.29. The molecule has 0 aliphatic heterocycles. The standard InChI is InChI=1S/C16H15BrN4/c1-12-6-7-13(8-14(12)17)9-19-15-4-2-3-5-16(15)21-11-18-10-20-21/h2-8,10-11,19H,9H2,1H3. The van der Waals surface area contributed by atoms with Crippen molar-refractivity contribution in [3.63, 3.8) is 0 Å². The fourth-order valence-electron chi connectivity index (χ4n) is 2.10. The van der Waals surface area contributed by atoms with Crippen molar-refractivity contribution in [2.45, 2.75) is 13.5 Å². The Morgan fingerprint density at radius 3 is 2.81 bits per heavy atom. The molecule has 2 aromatic carbocycles. The predicted molar refractivity (Wildman–Crippen MR) is 87.6 cm³/mol. The van der Waals surface area contributed by atoms with Crippen molar-refractivity contribution in [2.24, 2.45) is 0 Å². The minimum absolute atomic E-state index is 0.755. The van der Waals surface area contributed by atoms with Crippen LogP contribution >= 0.6 is 15.9 Å². The Hall–Kier alpha value is -2.14. The number of rotatable bonds is 4. The van der Waals surface area contributed by atoms with Crippen LogP contribution in [-0.4, -0.2) is 14.8 Å². The number of para-hydroxylation sites is 2. The molecule has 0 amide bonds. The molecule has 0 aliphatic carbocycles. The molecule has 106 valence electrons. The normalized spacial score (nSPS) is 10.6. The first-order chi connectivity index (χ1) is 10.2. The summed E-state index contributed by atoms with van der Waals surface area (Å²) in [5, 5.41) is 7.64. The number of halogens is 1. The summed E-state index contributed by atoms with van der Waals surface area (Å²) in [6.07, 6.45) is 3.23. The zero-order chi connectivity index (χ0) is 14.7. The molecular formula is C16H15BrN4. The van der Waals surface area contributed by atoms with Gasteiger partial charge >= 0.3 is 0 Å². The van der Waals surface area contributed by atoms with Crippen molar-refractivity contribution in [1.29, 1.82) is 0 Å². The van der Waals surface area contributed by atoms with Gasteiger partial charge in [0.05, 0.1) is 11.4 Å². The zero-order valence-corrected chi connectivity index (χ0v) is 13.2. The first-order valence-corrected chi connectivity index (χ1v) is 7.46. The van der Waals surface area contributed by atoms with Crippen molar-refractivity contribution in [3.05, 3.63) is 70.7 Å². The second-order valence-electron chi connectivity index (χ2n) is 4.79. The van der Waals surface area contributed by atoms with Crippen LogP contribution in [0.1, 0.15) is 11.1 Å². The number of nitrogens with one attached hydrogen (secondary N) is 1. The zero-order valence-electron chi connectivity index (χ0n) is 11.6. The van der Waals surface area contributed by atoms with E-state index in [2.05, 4.69) is 56.5 Å². The molecule has 3 rings (SSSR count). The Kier molecular flexibility index (Phi) is 4.01. The van der Waals surface area contributed by atoms with Crippen molar-refractivity contribution in [1.82, 2.24) is 14.8 Å². The summed E-state index contributed by atoms with van der Waals surface area (Å²) in [6, 6.07) is 14.4. The predicted octanol–water partition coefficient (Wildman–Crippen LogP) is 3.95. The fourth-order valence-corrected chi connectivity index (χ4v) is 2.53. The lowest BCUT2D eigenvalue weighted by atomic mass is 10.1. The van der Waals surface area contributed by atoms with Gasteiger partial charge in [0.25, 0.3) is 0 Å². The van der Waals surface area contributed by atoms with Gasteiger partial charge in [-0.25, -0.2) is 9.67 Å². The highest BCUT2D eigenvalue weighted by Gasteiger charge is 2.04. The van der Waals surface area contributed by atoms with Crippen LogP contribution in [0.3, 0.4) is 0 Å². The molecule has 0 atom stereocenters. The number of hydrogen-bond acceptors (Lipinski definition) is 3. The topological polar surface area (TPSA) is 42.7 Å². The maximum Gasteiger partial charge on any atom is 0.138 e. The van der Waals surface area contributed by atoms with Crippen LogP contribution in [0.2, 0.25) is 0 Å². The maximum atomic E-state index is 4.19. The van der Waals surface area contributed by atoms with Crippen LogP contribution in [-0.2, 0) is 6.54 Å². The van der Waals surface area contributed by atoms with E-state index in [9.17, 15) is 0 Å². The Morgan fingerprint density at radius 2 is 2.05 bits per heavy atom. The molecule has 1 heterocycles. The number of hydrogen-bond donors (Lipinski definition) is 1. The van der Waals surface area contributed by atoms with E-state index in [0.29, 0.717) is 0 Å². The largest absolute Gasteiger partial charge is 0.379 e. The summed E-state index contributed by atoms with van der Waals surface area (Å²) in [5.41, 5.74) is 4.48.